The number of hydrogen-bond donors (Lipinski definition) is 2. The molecule has 1 aromatic heterocycles. The van der Waals surface area contributed by atoms with Crippen LogP contribution in [-0.4, -0.2) is 46.5 Å². The quantitative estimate of drug-likeness (QED) is 0.789. The van der Waals surface area contributed by atoms with Gasteiger partial charge in [0, 0.05) is 25.2 Å². The fraction of sp³-hybridized carbons (Fsp3) is 0.526. The lowest BCUT2D eigenvalue weighted by Crippen LogP contribution is -2.36. The number of aromatic amines is 1. The summed E-state index contributed by atoms with van der Waals surface area (Å²) >= 11 is 0. The van der Waals surface area contributed by atoms with Crippen molar-refractivity contribution >= 4 is 16.9 Å². The third kappa shape index (κ3) is 4.04. The van der Waals surface area contributed by atoms with Crippen LogP contribution in [0.4, 0.5) is 0 Å². The first kappa shape index (κ1) is 18.4. The molecule has 0 unspecified atom stereocenters. The molecule has 2 N–H and O–H groups in total. The van der Waals surface area contributed by atoms with E-state index in [1.54, 1.807) is 18.2 Å². The predicted molar refractivity (Wildman–Crippen MR) is 102 cm³/mol. The molecule has 0 atom stereocenters. The second kappa shape index (κ2) is 8.31. The van der Waals surface area contributed by atoms with Crippen molar-refractivity contribution in [3.05, 3.63) is 44.5 Å². The van der Waals surface area contributed by atoms with E-state index in [1.807, 2.05) is 6.92 Å². The minimum absolute atomic E-state index is 0.170. The van der Waals surface area contributed by atoms with Crippen molar-refractivity contribution in [3.63, 3.8) is 0 Å². The lowest BCUT2D eigenvalue weighted by atomic mass is 10.1. The van der Waals surface area contributed by atoms with Gasteiger partial charge in [0.1, 0.15) is 0 Å². The van der Waals surface area contributed by atoms with Crippen molar-refractivity contribution in [2.24, 2.45) is 0 Å². The minimum Gasteiger partial charge on any atom is -0.351 e. The van der Waals surface area contributed by atoms with Gasteiger partial charge in [-0.1, -0.05) is 12.8 Å². The van der Waals surface area contributed by atoms with Gasteiger partial charge in [-0.15, -0.1) is 0 Å². The van der Waals surface area contributed by atoms with E-state index >= 15 is 0 Å². The van der Waals surface area contributed by atoms with Gasteiger partial charge in [0.05, 0.1) is 11.0 Å². The first-order chi connectivity index (χ1) is 12.6. The zero-order valence-electron chi connectivity index (χ0n) is 15.2. The molecule has 1 amide bonds. The molecule has 1 fully saturated rings. The first-order valence-corrected chi connectivity index (χ1v) is 9.37. The number of carbonyl (C=O) groups is 1. The maximum absolute atomic E-state index is 12.4. The van der Waals surface area contributed by atoms with E-state index in [0.717, 1.165) is 19.6 Å². The lowest BCUT2D eigenvalue weighted by molar-refractivity contribution is 0.0948. The number of hydrogen-bond acceptors (Lipinski definition) is 4. The topological polar surface area (TPSA) is 87.2 Å². The van der Waals surface area contributed by atoms with Gasteiger partial charge in [-0.25, -0.2) is 0 Å². The molecule has 0 bridgehead atoms. The Kier molecular flexibility index (Phi) is 5.88. The number of benzene rings is 1. The van der Waals surface area contributed by atoms with Crippen molar-refractivity contribution in [1.82, 2.24) is 19.8 Å². The number of H-pyrrole nitrogens is 1. The number of aromatic nitrogens is 2. The molecular formula is C19H26N4O3. The smallest absolute Gasteiger partial charge is 0.316 e. The average Bonchev–Trinajstić information content (AvgIpc) is 2.91. The third-order valence-electron chi connectivity index (χ3n) is 4.97. The number of rotatable bonds is 5. The summed E-state index contributed by atoms with van der Waals surface area (Å²) in [6.07, 6.45) is 5.04. The van der Waals surface area contributed by atoms with Crippen molar-refractivity contribution in [1.29, 1.82) is 0 Å². The van der Waals surface area contributed by atoms with Crippen LogP contribution in [0.25, 0.3) is 11.0 Å². The van der Waals surface area contributed by atoms with Crippen LogP contribution in [0.15, 0.2) is 27.8 Å². The SMILES string of the molecule is CCn1c(=O)c(=O)[nH]c2cc(C(=O)NCCN3CCCCCC3)ccc21. The van der Waals surface area contributed by atoms with Crippen LogP contribution in [0.2, 0.25) is 0 Å². The molecule has 1 aliphatic rings. The molecule has 1 aromatic carbocycles. The minimum atomic E-state index is -0.668. The maximum Gasteiger partial charge on any atom is 0.316 e. The molecule has 1 saturated heterocycles. The molecule has 7 nitrogen and oxygen atoms in total. The summed E-state index contributed by atoms with van der Waals surface area (Å²) in [4.78, 5) is 41.0. The summed E-state index contributed by atoms with van der Waals surface area (Å²) < 4.78 is 1.41. The van der Waals surface area contributed by atoms with Crippen LogP contribution in [0.1, 0.15) is 43.0 Å². The van der Waals surface area contributed by atoms with Gasteiger partial charge in [-0.05, 0) is 51.1 Å². The molecular weight excluding hydrogens is 332 g/mol. The molecule has 7 heteroatoms. The molecule has 3 rings (SSSR count). The Balaban J connectivity index is 1.69. The molecule has 140 valence electrons. The van der Waals surface area contributed by atoms with E-state index in [1.165, 1.54) is 30.3 Å². The van der Waals surface area contributed by atoms with Gasteiger partial charge >= 0.3 is 11.1 Å². The molecule has 0 spiro atoms. The van der Waals surface area contributed by atoms with Crippen LogP contribution in [-0.2, 0) is 6.54 Å². The Morgan fingerprint density at radius 2 is 1.88 bits per heavy atom. The van der Waals surface area contributed by atoms with Crippen LogP contribution in [0.5, 0.6) is 0 Å². The number of nitrogens with one attached hydrogen (secondary N) is 2. The fourth-order valence-corrected chi connectivity index (χ4v) is 3.52. The highest BCUT2D eigenvalue weighted by molar-refractivity contribution is 5.97. The lowest BCUT2D eigenvalue weighted by Gasteiger charge is -2.19. The Labute approximate surface area is 152 Å². The van der Waals surface area contributed by atoms with Crippen molar-refractivity contribution in [2.75, 3.05) is 26.2 Å². The highest BCUT2D eigenvalue weighted by Gasteiger charge is 2.12. The number of nitrogens with zero attached hydrogens (tertiary/aromatic N) is 2. The fourth-order valence-electron chi connectivity index (χ4n) is 3.52. The standard InChI is InChI=1S/C19H26N4O3/c1-2-23-16-8-7-14(13-15(16)21-18(25)19(23)26)17(24)20-9-12-22-10-5-3-4-6-11-22/h7-8,13H,2-6,9-12H2,1H3,(H,20,24)(H,21,25). The molecule has 2 aromatic rings. The van der Waals surface area contributed by atoms with Gasteiger partial charge in [0.25, 0.3) is 5.91 Å². The molecule has 0 aliphatic carbocycles. The summed E-state index contributed by atoms with van der Waals surface area (Å²) in [5.41, 5.74) is 0.355. The summed E-state index contributed by atoms with van der Waals surface area (Å²) in [5, 5.41) is 2.94. The van der Waals surface area contributed by atoms with E-state index in [4.69, 9.17) is 0 Å². The zero-order chi connectivity index (χ0) is 18.5. The highest BCUT2D eigenvalue weighted by atomic mass is 16.2. The van der Waals surface area contributed by atoms with E-state index in [0.29, 0.717) is 29.7 Å². The largest absolute Gasteiger partial charge is 0.351 e. The van der Waals surface area contributed by atoms with E-state index in [2.05, 4.69) is 15.2 Å². The van der Waals surface area contributed by atoms with Gasteiger partial charge in [0.2, 0.25) is 0 Å². The number of fused-ring (bicyclic) bond motifs is 1. The molecule has 0 saturated carbocycles. The van der Waals surface area contributed by atoms with E-state index in [-0.39, 0.29) is 5.91 Å². The summed E-state index contributed by atoms with van der Waals surface area (Å²) in [6.45, 7) is 5.86. The molecule has 1 aliphatic heterocycles. The van der Waals surface area contributed by atoms with E-state index in [9.17, 15) is 14.4 Å². The van der Waals surface area contributed by atoms with Crippen molar-refractivity contribution in [2.45, 2.75) is 39.2 Å². The Hall–Kier alpha value is -2.41. The van der Waals surface area contributed by atoms with Crippen LogP contribution >= 0.6 is 0 Å². The van der Waals surface area contributed by atoms with Gasteiger partial charge < -0.3 is 19.8 Å². The predicted octanol–water partition coefficient (Wildman–Crippen LogP) is 1.32. The van der Waals surface area contributed by atoms with Gasteiger partial charge in [-0.2, -0.15) is 0 Å². The zero-order valence-corrected chi connectivity index (χ0v) is 15.2. The van der Waals surface area contributed by atoms with Crippen molar-refractivity contribution < 1.29 is 4.79 Å². The number of aryl methyl sites for hydroxylation is 1. The number of likely N-dealkylation sites (tertiary alicyclic amines) is 1. The van der Waals surface area contributed by atoms with E-state index < -0.39 is 11.1 Å². The Bertz CT molecular complexity index is 892. The summed E-state index contributed by atoms with van der Waals surface area (Å²) in [5.74, 6) is -0.170. The first-order valence-electron chi connectivity index (χ1n) is 9.37. The summed E-state index contributed by atoms with van der Waals surface area (Å²) in [6, 6.07) is 5.02. The monoisotopic (exact) mass is 358 g/mol. The van der Waals surface area contributed by atoms with Crippen molar-refractivity contribution in [3.8, 4) is 0 Å². The second-order valence-electron chi connectivity index (χ2n) is 6.75. The van der Waals surface area contributed by atoms with Crippen LogP contribution in [0, 0.1) is 0 Å². The number of amides is 1. The van der Waals surface area contributed by atoms with Gasteiger partial charge in [-0.3, -0.25) is 14.4 Å². The number of carbonyl (C=O) groups excluding carboxylic acids is 1. The second-order valence-corrected chi connectivity index (χ2v) is 6.75. The Morgan fingerprint density at radius 3 is 2.58 bits per heavy atom. The molecule has 0 radical (unpaired) electrons. The van der Waals surface area contributed by atoms with Crippen LogP contribution in [0.3, 0.4) is 0 Å². The molecule has 26 heavy (non-hydrogen) atoms. The normalized spacial score (nSPS) is 15.7. The average molecular weight is 358 g/mol. The molecule has 2 heterocycles. The van der Waals surface area contributed by atoms with Crippen LogP contribution < -0.4 is 16.4 Å². The highest BCUT2D eigenvalue weighted by Crippen LogP contribution is 2.12. The third-order valence-corrected chi connectivity index (χ3v) is 4.97. The Morgan fingerprint density at radius 1 is 1.15 bits per heavy atom. The van der Waals surface area contributed by atoms with Gasteiger partial charge in [0.15, 0.2) is 0 Å². The summed E-state index contributed by atoms with van der Waals surface area (Å²) in [7, 11) is 0. The maximum atomic E-state index is 12.4.